The lowest BCUT2D eigenvalue weighted by atomic mass is 10.2. The number of aromatic nitrogens is 1. The maximum Gasteiger partial charge on any atom is 0.266 e. The minimum absolute atomic E-state index is 0.212. The maximum absolute atomic E-state index is 13.0. The number of anilines is 1. The van der Waals surface area contributed by atoms with Crippen molar-refractivity contribution >= 4 is 32.4 Å². The van der Waals surface area contributed by atoms with Gasteiger partial charge in [0.25, 0.3) is 5.91 Å². The molecule has 0 bridgehead atoms. The lowest BCUT2D eigenvalue weighted by Crippen LogP contribution is -2.40. The second-order valence-electron chi connectivity index (χ2n) is 7.28. The Bertz CT molecular complexity index is 1210. The van der Waals surface area contributed by atoms with E-state index in [1.165, 1.54) is 39.9 Å². The number of ether oxygens (including phenoxy) is 2. The predicted molar refractivity (Wildman–Crippen MR) is 122 cm³/mol. The second-order valence-corrected chi connectivity index (χ2v) is 10.1. The van der Waals surface area contributed by atoms with Crippen molar-refractivity contribution in [1.82, 2.24) is 9.29 Å². The van der Waals surface area contributed by atoms with Crippen molar-refractivity contribution in [3.8, 4) is 17.0 Å². The van der Waals surface area contributed by atoms with E-state index in [2.05, 4.69) is 10.3 Å². The molecule has 3 aromatic rings. The number of sulfonamides is 1. The van der Waals surface area contributed by atoms with E-state index in [-0.39, 0.29) is 10.7 Å². The molecule has 8 nitrogen and oxygen atoms in total. The zero-order valence-electron chi connectivity index (χ0n) is 17.7. The van der Waals surface area contributed by atoms with Crippen molar-refractivity contribution in [2.75, 3.05) is 31.6 Å². The van der Waals surface area contributed by atoms with Crippen LogP contribution in [0.4, 0.5) is 9.52 Å². The summed E-state index contributed by atoms with van der Waals surface area (Å²) in [4.78, 5) is 17.0. The highest BCUT2D eigenvalue weighted by Crippen LogP contribution is 2.27. The van der Waals surface area contributed by atoms with Gasteiger partial charge in [-0.25, -0.2) is 17.8 Å². The Hall–Kier alpha value is -2.86. The van der Waals surface area contributed by atoms with E-state index >= 15 is 0 Å². The Morgan fingerprint density at radius 2 is 1.82 bits per heavy atom. The highest BCUT2D eigenvalue weighted by Gasteiger charge is 2.26. The first kappa shape index (κ1) is 23.3. The molecule has 1 aliphatic heterocycles. The lowest BCUT2D eigenvalue weighted by Gasteiger charge is -2.26. The third kappa shape index (κ3) is 5.56. The quantitative estimate of drug-likeness (QED) is 0.544. The van der Waals surface area contributed by atoms with Gasteiger partial charge in [0, 0.05) is 24.0 Å². The smallest absolute Gasteiger partial charge is 0.266 e. The second kappa shape index (κ2) is 9.96. The Morgan fingerprint density at radius 1 is 1.15 bits per heavy atom. The van der Waals surface area contributed by atoms with Crippen molar-refractivity contribution in [2.24, 2.45) is 0 Å². The van der Waals surface area contributed by atoms with Crippen LogP contribution in [0.2, 0.25) is 0 Å². The number of rotatable bonds is 7. The number of amides is 1. The minimum atomic E-state index is -3.57. The number of nitrogens with one attached hydrogen (secondary N) is 1. The number of carbonyl (C=O) groups is 1. The number of hydrogen-bond acceptors (Lipinski definition) is 7. The normalized spacial score (nSPS) is 15.7. The van der Waals surface area contributed by atoms with Crippen LogP contribution in [0.3, 0.4) is 0 Å². The van der Waals surface area contributed by atoms with Crippen molar-refractivity contribution in [3.05, 3.63) is 59.7 Å². The largest absolute Gasteiger partial charge is 0.481 e. The lowest BCUT2D eigenvalue weighted by molar-refractivity contribution is -0.122. The molecular weight excluding hydrogens is 469 g/mol. The monoisotopic (exact) mass is 491 g/mol. The molecule has 11 heteroatoms. The minimum Gasteiger partial charge on any atom is -0.481 e. The molecule has 0 radical (unpaired) electrons. The summed E-state index contributed by atoms with van der Waals surface area (Å²) in [5.74, 6) is -0.403. The summed E-state index contributed by atoms with van der Waals surface area (Å²) in [6.45, 7) is 3.03. The summed E-state index contributed by atoms with van der Waals surface area (Å²) >= 11 is 1.24. The molecule has 0 aliphatic carbocycles. The van der Waals surface area contributed by atoms with Gasteiger partial charge >= 0.3 is 0 Å². The van der Waals surface area contributed by atoms with Crippen molar-refractivity contribution in [1.29, 1.82) is 0 Å². The van der Waals surface area contributed by atoms with Gasteiger partial charge in [-0.1, -0.05) is 12.1 Å². The van der Waals surface area contributed by atoms with E-state index in [9.17, 15) is 17.6 Å². The molecule has 4 rings (SSSR count). The van der Waals surface area contributed by atoms with E-state index in [4.69, 9.17) is 9.47 Å². The summed E-state index contributed by atoms with van der Waals surface area (Å²) in [6, 6.07) is 11.9. The fraction of sp³-hybridized carbons (Fsp3) is 0.273. The highest BCUT2D eigenvalue weighted by molar-refractivity contribution is 7.89. The highest BCUT2D eigenvalue weighted by atomic mass is 32.2. The van der Waals surface area contributed by atoms with Crippen LogP contribution in [0.5, 0.6) is 5.75 Å². The van der Waals surface area contributed by atoms with E-state index in [1.54, 1.807) is 36.6 Å². The van der Waals surface area contributed by atoms with Crippen LogP contribution in [0.1, 0.15) is 6.92 Å². The molecule has 1 aliphatic rings. The topological polar surface area (TPSA) is 97.8 Å². The number of benzene rings is 2. The number of carbonyl (C=O) groups excluding carboxylic acids is 1. The van der Waals surface area contributed by atoms with Gasteiger partial charge < -0.3 is 9.47 Å². The Balaban J connectivity index is 1.39. The molecule has 174 valence electrons. The summed E-state index contributed by atoms with van der Waals surface area (Å²) in [5.41, 5.74) is 1.33. The Morgan fingerprint density at radius 3 is 2.48 bits per heavy atom. The Kier molecular flexibility index (Phi) is 7.03. The summed E-state index contributed by atoms with van der Waals surface area (Å²) in [5, 5.41) is 4.85. The van der Waals surface area contributed by atoms with E-state index in [0.29, 0.717) is 42.9 Å². The maximum atomic E-state index is 13.0. The summed E-state index contributed by atoms with van der Waals surface area (Å²) in [6.07, 6.45) is -0.813. The standard InChI is InChI=1S/C22H22FN3O5S2/c1-15(31-18-6-4-17(23)5-7-18)21(27)25-22-24-20(14-32-22)16-2-8-19(9-3-16)33(28,29)26-10-12-30-13-11-26/h2-9,14-15H,10-13H2,1H3,(H,24,25,27). The van der Waals surface area contributed by atoms with Crippen molar-refractivity contribution < 1.29 is 27.1 Å². The van der Waals surface area contributed by atoms with Gasteiger partial charge in [-0.3, -0.25) is 10.1 Å². The molecule has 33 heavy (non-hydrogen) atoms. The van der Waals surface area contributed by atoms with E-state index < -0.39 is 22.0 Å². The van der Waals surface area contributed by atoms with Crippen LogP contribution in [0, 0.1) is 5.82 Å². The van der Waals surface area contributed by atoms with E-state index in [1.807, 2.05) is 0 Å². The average Bonchev–Trinajstić information content (AvgIpc) is 3.29. The van der Waals surface area contributed by atoms with Gasteiger partial charge in [0.15, 0.2) is 11.2 Å². The zero-order chi connectivity index (χ0) is 23.4. The van der Waals surface area contributed by atoms with Crippen LogP contribution in [0.25, 0.3) is 11.3 Å². The van der Waals surface area contributed by atoms with Crippen LogP contribution in [0.15, 0.2) is 58.8 Å². The van der Waals surface area contributed by atoms with Gasteiger partial charge in [-0.15, -0.1) is 11.3 Å². The van der Waals surface area contributed by atoms with Gasteiger partial charge in [-0.2, -0.15) is 4.31 Å². The predicted octanol–water partition coefficient (Wildman–Crippen LogP) is 3.38. The Labute approximate surface area is 195 Å². The van der Waals surface area contributed by atoms with Crippen LogP contribution < -0.4 is 10.1 Å². The van der Waals surface area contributed by atoms with E-state index in [0.717, 1.165) is 5.56 Å². The molecule has 1 saturated heterocycles. The molecule has 0 spiro atoms. The fourth-order valence-corrected chi connectivity index (χ4v) is 5.31. The first-order chi connectivity index (χ1) is 15.8. The molecule has 1 atom stereocenters. The molecule has 1 unspecified atom stereocenters. The van der Waals surface area contributed by atoms with Crippen molar-refractivity contribution in [2.45, 2.75) is 17.9 Å². The SMILES string of the molecule is CC(Oc1ccc(F)cc1)C(=O)Nc1nc(-c2ccc(S(=O)(=O)N3CCOCC3)cc2)cs1. The number of nitrogens with zero attached hydrogens (tertiary/aromatic N) is 2. The van der Waals surface area contributed by atoms with Gasteiger partial charge in [0.05, 0.1) is 23.8 Å². The van der Waals surface area contributed by atoms with Crippen LogP contribution >= 0.6 is 11.3 Å². The van der Waals surface area contributed by atoms with Gasteiger partial charge in [0.1, 0.15) is 11.6 Å². The molecule has 1 N–H and O–H groups in total. The zero-order valence-corrected chi connectivity index (χ0v) is 19.4. The molecule has 2 heterocycles. The first-order valence-electron chi connectivity index (χ1n) is 10.2. The first-order valence-corrected chi connectivity index (χ1v) is 12.5. The van der Waals surface area contributed by atoms with Gasteiger partial charge in [0.2, 0.25) is 10.0 Å². The average molecular weight is 492 g/mol. The number of morpholine rings is 1. The summed E-state index contributed by atoms with van der Waals surface area (Å²) in [7, 11) is -3.57. The fourth-order valence-electron chi connectivity index (χ4n) is 3.18. The van der Waals surface area contributed by atoms with Crippen LogP contribution in [-0.4, -0.2) is 56.0 Å². The summed E-state index contributed by atoms with van der Waals surface area (Å²) < 4.78 is 50.7. The van der Waals surface area contributed by atoms with Crippen LogP contribution in [-0.2, 0) is 19.6 Å². The molecule has 1 aromatic heterocycles. The third-order valence-electron chi connectivity index (χ3n) is 4.99. The molecule has 1 fully saturated rings. The number of thiazole rings is 1. The number of halogens is 1. The molecular formula is C22H22FN3O5S2. The molecule has 1 amide bonds. The number of hydrogen-bond donors (Lipinski definition) is 1. The third-order valence-corrected chi connectivity index (χ3v) is 7.66. The van der Waals surface area contributed by atoms with Gasteiger partial charge in [-0.05, 0) is 43.3 Å². The molecule has 2 aromatic carbocycles. The molecule has 0 saturated carbocycles. The van der Waals surface area contributed by atoms with Crippen molar-refractivity contribution in [3.63, 3.8) is 0 Å².